The lowest BCUT2D eigenvalue weighted by Gasteiger charge is -2.10. The second-order valence-corrected chi connectivity index (χ2v) is 4.38. The van der Waals surface area contributed by atoms with Crippen LogP contribution in [0.4, 0.5) is 5.69 Å². The highest BCUT2D eigenvalue weighted by atomic mass is 79.9. The Balaban J connectivity index is 2.02. The first kappa shape index (κ1) is 10.6. The van der Waals surface area contributed by atoms with Gasteiger partial charge in [-0.2, -0.15) is 0 Å². The molecule has 1 saturated heterocycles. The number of ether oxygens (including phenoxy) is 1. The molecular formula is C11H12BrNO2. The Labute approximate surface area is 96.9 Å². The van der Waals surface area contributed by atoms with Crippen LogP contribution in [0.2, 0.25) is 0 Å². The fourth-order valence-electron chi connectivity index (χ4n) is 1.54. The molecule has 1 aliphatic rings. The molecule has 1 aromatic rings. The molecule has 4 heteroatoms. The summed E-state index contributed by atoms with van der Waals surface area (Å²) < 4.78 is 6.07. The molecule has 0 saturated carbocycles. The molecule has 1 fully saturated rings. The van der Waals surface area contributed by atoms with Gasteiger partial charge in [0, 0.05) is 11.1 Å². The summed E-state index contributed by atoms with van der Waals surface area (Å²) in [6.07, 6.45) is 0.816. The molecule has 0 aliphatic carbocycles. The molecule has 0 bridgehead atoms. The van der Waals surface area contributed by atoms with Crippen LogP contribution in [0.5, 0.6) is 0 Å². The fourth-order valence-corrected chi connectivity index (χ4v) is 1.92. The van der Waals surface area contributed by atoms with Crippen LogP contribution in [0.1, 0.15) is 6.42 Å². The first-order valence-corrected chi connectivity index (χ1v) is 5.70. The SMILES string of the molecule is O=C(Nc1ccccc1Br)C1CCOC1. The van der Waals surface area contributed by atoms with E-state index in [1.807, 2.05) is 24.3 Å². The number of benzene rings is 1. The highest BCUT2D eigenvalue weighted by Gasteiger charge is 2.23. The summed E-state index contributed by atoms with van der Waals surface area (Å²) in [6, 6.07) is 7.59. The average molecular weight is 270 g/mol. The third kappa shape index (κ3) is 2.58. The Kier molecular flexibility index (Phi) is 3.38. The van der Waals surface area contributed by atoms with Crippen LogP contribution in [-0.4, -0.2) is 19.1 Å². The standard InChI is InChI=1S/C11H12BrNO2/c12-9-3-1-2-4-10(9)13-11(14)8-5-6-15-7-8/h1-4,8H,5-7H2,(H,13,14). The van der Waals surface area contributed by atoms with Crippen molar-refractivity contribution in [3.63, 3.8) is 0 Å². The Morgan fingerprint density at radius 1 is 1.47 bits per heavy atom. The molecule has 2 rings (SSSR count). The topological polar surface area (TPSA) is 38.3 Å². The van der Waals surface area contributed by atoms with Crippen molar-refractivity contribution >= 4 is 27.5 Å². The van der Waals surface area contributed by atoms with Crippen molar-refractivity contribution in [2.75, 3.05) is 18.5 Å². The van der Waals surface area contributed by atoms with E-state index in [4.69, 9.17) is 4.74 Å². The van der Waals surface area contributed by atoms with Crippen LogP contribution >= 0.6 is 15.9 Å². The highest BCUT2D eigenvalue weighted by Crippen LogP contribution is 2.23. The van der Waals surface area contributed by atoms with Gasteiger partial charge in [-0.05, 0) is 34.5 Å². The number of amides is 1. The molecule has 0 aromatic heterocycles. The van der Waals surface area contributed by atoms with Crippen molar-refractivity contribution in [2.24, 2.45) is 5.92 Å². The molecule has 1 atom stereocenters. The molecule has 80 valence electrons. The number of anilines is 1. The largest absolute Gasteiger partial charge is 0.381 e. The van der Waals surface area contributed by atoms with E-state index in [-0.39, 0.29) is 11.8 Å². The zero-order valence-corrected chi connectivity index (χ0v) is 9.79. The van der Waals surface area contributed by atoms with Crippen molar-refractivity contribution < 1.29 is 9.53 Å². The van der Waals surface area contributed by atoms with Crippen molar-refractivity contribution in [2.45, 2.75) is 6.42 Å². The summed E-state index contributed by atoms with van der Waals surface area (Å²) in [5, 5.41) is 2.89. The molecule has 0 radical (unpaired) electrons. The molecule has 0 spiro atoms. The summed E-state index contributed by atoms with van der Waals surface area (Å²) in [5.41, 5.74) is 0.814. The molecule has 3 nitrogen and oxygen atoms in total. The smallest absolute Gasteiger partial charge is 0.229 e. The quantitative estimate of drug-likeness (QED) is 0.896. The zero-order valence-electron chi connectivity index (χ0n) is 8.20. The second kappa shape index (κ2) is 4.77. The van der Waals surface area contributed by atoms with Gasteiger partial charge < -0.3 is 10.1 Å². The minimum absolute atomic E-state index is 0.00268. The van der Waals surface area contributed by atoms with Gasteiger partial charge >= 0.3 is 0 Å². The number of halogens is 1. The molecule has 15 heavy (non-hydrogen) atoms. The van der Waals surface area contributed by atoms with E-state index in [9.17, 15) is 4.79 Å². The van der Waals surface area contributed by atoms with Gasteiger partial charge in [0.15, 0.2) is 0 Å². The first-order valence-electron chi connectivity index (χ1n) is 4.90. The number of hydrogen-bond acceptors (Lipinski definition) is 2. The number of hydrogen-bond donors (Lipinski definition) is 1. The van der Waals surface area contributed by atoms with Crippen LogP contribution in [0.25, 0.3) is 0 Å². The lowest BCUT2D eigenvalue weighted by molar-refractivity contribution is -0.119. The van der Waals surface area contributed by atoms with E-state index < -0.39 is 0 Å². The summed E-state index contributed by atoms with van der Waals surface area (Å²) >= 11 is 3.39. The third-order valence-electron chi connectivity index (χ3n) is 2.43. The maximum absolute atomic E-state index is 11.8. The monoisotopic (exact) mass is 269 g/mol. The second-order valence-electron chi connectivity index (χ2n) is 3.53. The van der Waals surface area contributed by atoms with Crippen LogP contribution in [-0.2, 0) is 9.53 Å². The van der Waals surface area contributed by atoms with Crippen LogP contribution < -0.4 is 5.32 Å². The predicted molar refractivity (Wildman–Crippen MR) is 61.7 cm³/mol. The van der Waals surface area contributed by atoms with Gasteiger partial charge in [0.05, 0.1) is 18.2 Å². The Hall–Kier alpha value is -0.870. The van der Waals surface area contributed by atoms with Crippen LogP contribution in [0.3, 0.4) is 0 Å². The molecule has 1 heterocycles. The maximum atomic E-state index is 11.8. The van der Waals surface area contributed by atoms with Crippen LogP contribution in [0.15, 0.2) is 28.7 Å². The molecule has 1 aliphatic heterocycles. The Morgan fingerprint density at radius 2 is 2.27 bits per heavy atom. The minimum atomic E-state index is -0.00268. The Morgan fingerprint density at radius 3 is 2.93 bits per heavy atom. The first-order chi connectivity index (χ1) is 7.27. The number of carbonyl (C=O) groups excluding carboxylic acids is 1. The maximum Gasteiger partial charge on any atom is 0.229 e. The van der Waals surface area contributed by atoms with Gasteiger partial charge in [-0.3, -0.25) is 4.79 Å². The van der Waals surface area contributed by atoms with Gasteiger partial charge in [0.1, 0.15) is 0 Å². The minimum Gasteiger partial charge on any atom is -0.381 e. The number of rotatable bonds is 2. The van der Waals surface area contributed by atoms with E-state index in [2.05, 4.69) is 21.2 Å². The zero-order chi connectivity index (χ0) is 10.7. The van der Waals surface area contributed by atoms with Crippen molar-refractivity contribution in [3.05, 3.63) is 28.7 Å². The third-order valence-corrected chi connectivity index (χ3v) is 3.12. The van der Waals surface area contributed by atoms with Gasteiger partial charge in [-0.1, -0.05) is 12.1 Å². The molecule has 1 unspecified atom stereocenters. The van der Waals surface area contributed by atoms with E-state index in [0.29, 0.717) is 13.2 Å². The lowest BCUT2D eigenvalue weighted by atomic mass is 10.1. The normalized spacial score (nSPS) is 20.2. The summed E-state index contributed by atoms with van der Waals surface area (Å²) in [5.74, 6) is 0.0384. The number of para-hydroxylation sites is 1. The van der Waals surface area contributed by atoms with Gasteiger partial charge in [0.25, 0.3) is 0 Å². The predicted octanol–water partition coefficient (Wildman–Crippen LogP) is 2.42. The average Bonchev–Trinajstić information content (AvgIpc) is 2.74. The molecule has 1 N–H and O–H groups in total. The lowest BCUT2D eigenvalue weighted by Crippen LogP contribution is -2.22. The van der Waals surface area contributed by atoms with E-state index >= 15 is 0 Å². The molecule has 1 aromatic carbocycles. The van der Waals surface area contributed by atoms with Crippen molar-refractivity contribution in [3.8, 4) is 0 Å². The summed E-state index contributed by atoms with van der Waals surface area (Å²) in [6.45, 7) is 1.23. The Bertz CT molecular complexity index is 361. The highest BCUT2D eigenvalue weighted by molar-refractivity contribution is 9.10. The van der Waals surface area contributed by atoms with Crippen molar-refractivity contribution in [1.82, 2.24) is 0 Å². The summed E-state index contributed by atoms with van der Waals surface area (Å²) in [7, 11) is 0. The number of carbonyl (C=O) groups is 1. The molecule has 1 amide bonds. The fraction of sp³-hybridized carbons (Fsp3) is 0.364. The van der Waals surface area contributed by atoms with E-state index in [1.54, 1.807) is 0 Å². The number of nitrogens with one attached hydrogen (secondary N) is 1. The van der Waals surface area contributed by atoms with Gasteiger partial charge in [0.2, 0.25) is 5.91 Å². The molecular weight excluding hydrogens is 258 g/mol. The summed E-state index contributed by atoms with van der Waals surface area (Å²) in [4.78, 5) is 11.8. The van der Waals surface area contributed by atoms with E-state index in [1.165, 1.54) is 0 Å². The van der Waals surface area contributed by atoms with E-state index in [0.717, 1.165) is 16.6 Å². The van der Waals surface area contributed by atoms with Crippen LogP contribution in [0, 0.1) is 5.92 Å². The van der Waals surface area contributed by atoms with Gasteiger partial charge in [-0.25, -0.2) is 0 Å². The van der Waals surface area contributed by atoms with Crippen molar-refractivity contribution in [1.29, 1.82) is 0 Å². The van der Waals surface area contributed by atoms with Gasteiger partial charge in [-0.15, -0.1) is 0 Å².